The summed E-state index contributed by atoms with van der Waals surface area (Å²) in [6, 6.07) is 0. The molecule has 0 radical (unpaired) electrons. The fraction of sp³-hybridized carbons (Fsp3) is 0.857. The van der Waals surface area contributed by atoms with Crippen molar-refractivity contribution in [3.8, 4) is 0 Å². The van der Waals surface area contributed by atoms with Gasteiger partial charge in [-0.05, 0) is 85.9 Å². The van der Waals surface area contributed by atoms with E-state index in [-0.39, 0.29) is 12.1 Å². The molecule has 0 saturated heterocycles. The van der Waals surface area contributed by atoms with Crippen LogP contribution in [0.2, 0.25) is 0 Å². The third kappa shape index (κ3) is 2.39. The summed E-state index contributed by atoms with van der Waals surface area (Å²) in [5, 5.41) is 0. The molecule has 4 aliphatic carbocycles. The van der Waals surface area contributed by atoms with Gasteiger partial charge in [0.25, 0.3) is 0 Å². The van der Waals surface area contributed by atoms with Crippen molar-refractivity contribution in [2.75, 3.05) is 0 Å². The molecule has 0 aromatic rings. The zero-order valence-electron chi connectivity index (χ0n) is 15.0. The lowest BCUT2D eigenvalue weighted by Gasteiger charge is -2.60. The lowest BCUT2D eigenvalue weighted by Crippen LogP contribution is -2.53. The highest BCUT2D eigenvalue weighted by Gasteiger charge is 2.57. The summed E-state index contributed by atoms with van der Waals surface area (Å²) in [4.78, 5) is 11.3. The van der Waals surface area contributed by atoms with Gasteiger partial charge in [-0.3, -0.25) is 4.79 Å². The number of rotatable bonds is 1. The van der Waals surface area contributed by atoms with Gasteiger partial charge in [-0.15, -0.1) is 0 Å². The van der Waals surface area contributed by atoms with Crippen molar-refractivity contribution in [1.29, 1.82) is 0 Å². The summed E-state index contributed by atoms with van der Waals surface area (Å²) in [5.74, 6) is 3.39. The van der Waals surface area contributed by atoms with Crippen LogP contribution in [-0.2, 0) is 9.53 Å². The number of allylic oxidation sites excluding steroid dienone is 2. The van der Waals surface area contributed by atoms with Crippen LogP contribution < -0.4 is 0 Å². The molecular weight excluding hydrogens is 284 g/mol. The highest BCUT2D eigenvalue weighted by Crippen LogP contribution is 2.65. The Morgan fingerprint density at radius 3 is 2.70 bits per heavy atom. The monoisotopic (exact) mass is 316 g/mol. The molecule has 0 heterocycles. The Balaban J connectivity index is 1.53. The molecule has 0 spiro atoms. The van der Waals surface area contributed by atoms with Crippen molar-refractivity contribution in [2.24, 2.45) is 34.5 Å². The van der Waals surface area contributed by atoms with Crippen LogP contribution in [0.15, 0.2) is 12.2 Å². The molecular formula is C21H32O2. The maximum atomic E-state index is 11.3. The second-order valence-corrected chi connectivity index (χ2v) is 9.35. The molecule has 7 unspecified atom stereocenters. The van der Waals surface area contributed by atoms with Crippen molar-refractivity contribution >= 4 is 5.97 Å². The topological polar surface area (TPSA) is 26.3 Å². The fourth-order valence-corrected chi connectivity index (χ4v) is 7.04. The number of ether oxygens (including phenoxy) is 1. The molecule has 4 rings (SSSR count). The highest BCUT2D eigenvalue weighted by molar-refractivity contribution is 5.66. The first-order chi connectivity index (χ1) is 10.9. The van der Waals surface area contributed by atoms with Crippen LogP contribution in [0.1, 0.15) is 72.1 Å². The lowest BCUT2D eigenvalue weighted by atomic mass is 9.45. The van der Waals surface area contributed by atoms with Crippen molar-refractivity contribution in [2.45, 2.75) is 78.2 Å². The normalized spacial score (nSPS) is 51.5. The number of hydrogen-bond acceptors (Lipinski definition) is 2. The van der Waals surface area contributed by atoms with Crippen LogP contribution in [0.4, 0.5) is 0 Å². The van der Waals surface area contributed by atoms with Gasteiger partial charge in [-0.2, -0.15) is 0 Å². The fourth-order valence-electron chi connectivity index (χ4n) is 7.04. The van der Waals surface area contributed by atoms with E-state index in [1.807, 2.05) is 0 Å². The Labute approximate surface area is 141 Å². The average Bonchev–Trinajstić information content (AvgIpc) is 2.89. The van der Waals surface area contributed by atoms with Crippen LogP contribution in [-0.4, -0.2) is 12.1 Å². The highest BCUT2D eigenvalue weighted by atomic mass is 16.5. The Kier molecular flexibility index (Phi) is 3.66. The van der Waals surface area contributed by atoms with Gasteiger partial charge >= 0.3 is 5.97 Å². The molecule has 0 aliphatic heterocycles. The first kappa shape index (κ1) is 15.7. The Hall–Kier alpha value is -0.790. The summed E-state index contributed by atoms with van der Waals surface area (Å²) in [5.41, 5.74) is 0.975. The second-order valence-electron chi connectivity index (χ2n) is 9.35. The standard InChI is InChI=1S/C21H32O2/c1-14(22)23-16-8-12-21(3)15(13-16)6-7-17-18-5-4-10-20(18,2)11-9-19(17)21/h4,10,15-19H,5-9,11-13H2,1-3H3. The molecule has 2 nitrogen and oxygen atoms in total. The van der Waals surface area contributed by atoms with E-state index < -0.39 is 0 Å². The van der Waals surface area contributed by atoms with Crippen molar-refractivity contribution in [3.63, 3.8) is 0 Å². The third-order valence-electron chi connectivity index (χ3n) is 8.28. The molecule has 3 fully saturated rings. The third-order valence-corrected chi connectivity index (χ3v) is 8.28. The molecule has 23 heavy (non-hydrogen) atoms. The van der Waals surface area contributed by atoms with E-state index in [1.165, 1.54) is 38.5 Å². The summed E-state index contributed by atoms with van der Waals surface area (Å²) >= 11 is 0. The quantitative estimate of drug-likeness (QED) is 0.495. The largest absolute Gasteiger partial charge is 0.463 e. The van der Waals surface area contributed by atoms with Gasteiger partial charge in [0.15, 0.2) is 0 Å². The second kappa shape index (κ2) is 5.36. The molecule has 0 amide bonds. The van der Waals surface area contributed by atoms with Gasteiger partial charge in [0.2, 0.25) is 0 Å². The molecule has 3 saturated carbocycles. The first-order valence-electron chi connectivity index (χ1n) is 9.77. The summed E-state index contributed by atoms with van der Waals surface area (Å²) < 4.78 is 5.56. The summed E-state index contributed by atoms with van der Waals surface area (Å²) in [6.07, 6.45) is 15.5. The SMILES string of the molecule is CC(=O)OC1CCC2(C)C(CCC3C4CC=CC4(C)CCC32)C1. The molecule has 0 N–H and O–H groups in total. The van der Waals surface area contributed by atoms with Gasteiger partial charge in [0.05, 0.1) is 0 Å². The minimum absolute atomic E-state index is 0.0993. The van der Waals surface area contributed by atoms with Gasteiger partial charge in [0.1, 0.15) is 6.10 Å². The number of carbonyl (C=O) groups is 1. The van der Waals surface area contributed by atoms with Crippen LogP contribution in [0.25, 0.3) is 0 Å². The van der Waals surface area contributed by atoms with E-state index in [1.54, 1.807) is 6.92 Å². The van der Waals surface area contributed by atoms with Gasteiger partial charge in [-0.1, -0.05) is 26.0 Å². The smallest absolute Gasteiger partial charge is 0.302 e. The van der Waals surface area contributed by atoms with E-state index in [0.717, 1.165) is 36.5 Å². The van der Waals surface area contributed by atoms with Gasteiger partial charge in [0, 0.05) is 6.92 Å². The zero-order chi connectivity index (χ0) is 16.2. The van der Waals surface area contributed by atoms with E-state index in [9.17, 15) is 4.79 Å². The Bertz CT molecular complexity index is 524. The molecule has 7 atom stereocenters. The minimum Gasteiger partial charge on any atom is -0.463 e. The number of fused-ring (bicyclic) bond motifs is 5. The maximum Gasteiger partial charge on any atom is 0.302 e. The van der Waals surface area contributed by atoms with Crippen LogP contribution >= 0.6 is 0 Å². The summed E-state index contributed by atoms with van der Waals surface area (Å²) in [6.45, 7) is 6.63. The number of esters is 1. The number of carbonyl (C=O) groups excluding carboxylic acids is 1. The van der Waals surface area contributed by atoms with Crippen molar-refractivity contribution in [1.82, 2.24) is 0 Å². The lowest BCUT2D eigenvalue weighted by molar-refractivity contribution is -0.158. The van der Waals surface area contributed by atoms with Crippen molar-refractivity contribution < 1.29 is 9.53 Å². The van der Waals surface area contributed by atoms with Crippen LogP contribution in [0.5, 0.6) is 0 Å². The van der Waals surface area contributed by atoms with Crippen molar-refractivity contribution in [3.05, 3.63) is 12.2 Å². The van der Waals surface area contributed by atoms with Gasteiger partial charge < -0.3 is 4.74 Å². The van der Waals surface area contributed by atoms with E-state index in [0.29, 0.717) is 10.8 Å². The van der Waals surface area contributed by atoms with E-state index in [4.69, 9.17) is 4.74 Å². The first-order valence-corrected chi connectivity index (χ1v) is 9.77. The minimum atomic E-state index is -0.0993. The molecule has 2 heteroatoms. The molecule has 0 bridgehead atoms. The molecule has 0 aromatic heterocycles. The zero-order valence-corrected chi connectivity index (χ0v) is 15.0. The average molecular weight is 316 g/mol. The van der Waals surface area contributed by atoms with Crippen LogP contribution in [0, 0.1) is 34.5 Å². The Morgan fingerprint density at radius 1 is 1.09 bits per heavy atom. The van der Waals surface area contributed by atoms with Crippen LogP contribution in [0.3, 0.4) is 0 Å². The molecule has 128 valence electrons. The molecule has 0 aromatic carbocycles. The van der Waals surface area contributed by atoms with E-state index >= 15 is 0 Å². The van der Waals surface area contributed by atoms with E-state index in [2.05, 4.69) is 26.0 Å². The number of hydrogen-bond donors (Lipinski definition) is 0. The molecule has 4 aliphatic rings. The summed E-state index contributed by atoms with van der Waals surface area (Å²) in [7, 11) is 0. The predicted octanol–water partition coefficient (Wildman–Crippen LogP) is 5.13. The Morgan fingerprint density at radius 2 is 1.91 bits per heavy atom. The van der Waals surface area contributed by atoms with Gasteiger partial charge in [-0.25, -0.2) is 0 Å². The maximum absolute atomic E-state index is 11.3. The predicted molar refractivity (Wildman–Crippen MR) is 91.8 cm³/mol.